The monoisotopic (exact) mass is 692 g/mol. The van der Waals surface area contributed by atoms with Gasteiger partial charge < -0.3 is 35.5 Å². The third-order valence-electron chi connectivity index (χ3n) is 7.22. The fourth-order valence-corrected chi connectivity index (χ4v) is 8.08. The third kappa shape index (κ3) is 5.27. The van der Waals surface area contributed by atoms with Crippen LogP contribution in [0, 0.1) is 0 Å². The van der Waals surface area contributed by atoms with E-state index in [0.29, 0.717) is 0 Å². The van der Waals surface area contributed by atoms with Gasteiger partial charge in [-0.3, -0.25) is 22.7 Å². The Kier molecular flexibility index (Phi) is 7.63. The summed E-state index contributed by atoms with van der Waals surface area (Å²) in [5, 5.41) is 11.1. The first-order valence-electron chi connectivity index (χ1n) is 12.7. The molecule has 3 fully saturated rings. The molecule has 0 radical (unpaired) electrons. The number of rotatable bonds is 2. The maximum atomic E-state index is 16.0. The van der Waals surface area contributed by atoms with E-state index in [4.69, 9.17) is 50.8 Å². The maximum Gasteiger partial charge on any atom is 0.386 e. The van der Waals surface area contributed by atoms with Crippen LogP contribution in [0.1, 0.15) is 12.5 Å². The van der Waals surface area contributed by atoms with Crippen LogP contribution in [0.15, 0.2) is 25.3 Å². The second-order valence-electron chi connectivity index (χ2n) is 9.90. The molecular formula is C20H23FN10O9P2S2. The fourth-order valence-electron chi connectivity index (χ4n) is 5.19. The van der Waals surface area contributed by atoms with Crippen LogP contribution in [0.3, 0.4) is 0 Å². The highest BCUT2D eigenvalue weighted by atomic mass is 32.7. The summed E-state index contributed by atoms with van der Waals surface area (Å²) in [5.41, 5.74) is 12.6. The van der Waals surface area contributed by atoms with Gasteiger partial charge in [-0.15, -0.1) is 0 Å². The zero-order valence-corrected chi connectivity index (χ0v) is 25.5. The molecule has 3 saturated heterocycles. The number of ether oxygens (including phenoxy) is 2. The third-order valence-corrected chi connectivity index (χ3v) is 10.4. The summed E-state index contributed by atoms with van der Waals surface area (Å²) in [6.07, 6.45) is -6.71. The van der Waals surface area contributed by atoms with Crippen LogP contribution in [0.2, 0.25) is 0 Å². The largest absolute Gasteiger partial charge is 0.387 e. The number of alkyl halides is 1. The zero-order valence-electron chi connectivity index (χ0n) is 22.0. The Balaban J connectivity index is 1.20. The number of aliphatic hydroxyl groups excluding tert-OH is 1. The Labute approximate surface area is 256 Å². The van der Waals surface area contributed by atoms with E-state index in [-0.39, 0.29) is 34.0 Å². The lowest BCUT2D eigenvalue weighted by molar-refractivity contribution is -0.0587. The molecule has 0 spiro atoms. The lowest BCUT2D eigenvalue weighted by atomic mass is 10.1. The number of thiol groups is 1. The average molecular weight is 693 g/mol. The van der Waals surface area contributed by atoms with Gasteiger partial charge in [0.1, 0.15) is 54.2 Å². The number of nitrogens with two attached hydrogens (primary N) is 2. The van der Waals surface area contributed by atoms with Crippen LogP contribution >= 0.6 is 25.8 Å². The number of nitrogens with zero attached hydrogens (tertiary/aromatic N) is 8. The van der Waals surface area contributed by atoms with Crippen LogP contribution in [0.5, 0.6) is 0 Å². The molecule has 2 bridgehead atoms. The first-order chi connectivity index (χ1) is 20.9. The van der Waals surface area contributed by atoms with E-state index in [9.17, 15) is 14.6 Å². The number of hydrogen-bond donors (Lipinski definition) is 5. The van der Waals surface area contributed by atoms with E-state index in [2.05, 4.69) is 42.2 Å². The van der Waals surface area contributed by atoms with Crippen molar-refractivity contribution in [1.29, 1.82) is 0 Å². The Morgan fingerprint density at radius 3 is 2.09 bits per heavy atom. The maximum absolute atomic E-state index is 16.0. The molecule has 10 atom stereocenters. The van der Waals surface area contributed by atoms with Crippen LogP contribution in [-0.4, -0.2) is 98.9 Å². The standard InChI is InChI=1S/C20H23FN10O9P2S2/c21-9-13-8(38-19(9)30-5-28-10-15(22)24-3-26-17(10)30)2-36-42(34,44)40-14-12(32)7(1-35-41(33,43)39-13)37-20(14)31-6-29-11-16(23)25-4-27-18(11)31/h3-9,12-14,19-20,32H,1-2H2,(H,33,43)(H,34,44)(H2,22,24,26)(H2,23,25,27)/t7?,8?,9-,12-,13-,14-,19-,20-,41?,42?/m1/s1. The van der Waals surface area contributed by atoms with E-state index >= 15 is 4.39 Å². The molecule has 6 N–H and O–H groups in total. The molecule has 3 aliphatic heterocycles. The van der Waals surface area contributed by atoms with Crippen LogP contribution in [0.25, 0.3) is 22.3 Å². The minimum atomic E-state index is -4.35. The van der Waals surface area contributed by atoms with E-state index in [1.165, 1.54) is 34.4 Å². The number of nitrogen functional groups attached to an aromatic ring is 2. The van der Waals surface area contributed by atoms with Gasteiger partial charge in [0.25, 0.3) is 0 Å². The second kappa shape index (κ2) is 11.1. The molecule has 7 heterocycles. The van der Waals surface area contributed by atoms with Crippen molar-refractivity contribution in [2.24, 2.45) is 0 Å². The van der Waals surface area contributed by atoms with Gasteiger partial charge >= 0.3 is 13.5 Å². The summed E-state index contributed by atoms with van der Waals surface area (Å²) < 4.78 is 66.1. The number of imidazole rings is 2. The van der Waals surface area contributed by atoms with E-state index in [1.807, 2.05) is 0 Å². The van der Waals surface area contributed by atoms with E-state index in [0.717, 1.165) is 0 Å². The van der Waals surface area contributed by atoms with Crippen molar-refractivity contribution in [2.45, 2.75) is 49.1 Å². The van der Waals surface area contributed by atoms with Crippen LogP contribution in [0.4, 0.5) is 16.0 Å². The minimum absolute atomic E-state index is 0.0626. The van der Waals surface area contributed by atoms with Gasteiger partial charge in [0.15, 0.2) is 41.6 Å². The minimum Gasteiger partial charge on any atom is -0.387 e. The highest BCUT2D eigenvalue weighted by Gasteiger charge is 2.53. The van der Waals surface area contributed by atoms with Crippen molar-refractivity contribution in [3.05, 3.63) is 25.3 Å². The summed E-state index contributed by atoms with van der Waals surface area (Å²) in [6.45, 7) is -9.72. The first kappa shape index (κ1) is 30.2. The molecule has 0 aliphatic carbocycles. The molecule has 236 valence electrons. The molecule has 4 aromatic rings. The molecule has 44 heavy (non-hydrogen) atoms. The van der Waals surface area contributed by atoms with Gasteiger partial charge in [-0.2, -0.15) is 0 Å². The summed E-state index contributed by atoms with van der Waals surface area (Å²) in [4.78, 5) is 35.4. The van der Waals surface area contributed by atoms with Gasteiger partial charge in [0, 0.05) is 0 Å². The molecule has 0 saturated carbocycles. The molecule has 0 aromatic carbocycles. The Bertz CT molecular complexity index is 1840. The van der Waals surface area contributed by atoms with Gasteiger partial charge in [0.2, 0.25) is 0 Å². The molecule has 7 rings (SSSR count). The second-order valence-corrected chi connectivity index (χ2v) is 15.6. The molecule has 19 nitrogen and oxygen atoms in total. The topological polar surface area (TPSA) is 252 Å². The number of hydrogen-bond acceptors (Lipinski definition) is 17. The molecule has 3 aliphatic rings. The SMILES string of the molecule is Nc1ncnc2c1ncn2[C@@H]1OC2COP(O)(=S)O[C@@H]3[C@H](O)C(COP(=O)(S)O[C@H]2[C@H]1F)O[C@H]3n1cnc2c(N)ncnc21. The fraction of sp³-hybridized carbons (Fsp3) is 0.500. The Morgan fingerprint density at radius 2 is 1.45 bits per heavy atom. The van der Waals surface area contributed by atoms with Crippen molar-refractivity contribution in [3.63, 3.8) is 0 Å². The van der Waals surface area contributed by atoms with Gasteiger partial charge in [0.05, 0.1) is 25.9 Å². The summed E-state index contributed by atoms with van der Waals surface area (Å²) in [5.74, 6) is 0.151. The first-order valence-corrected chi connectivity index (χ1v) is 18.0. The van der Waals surface area contributed by atoms with Crippen LogP contribution in [-0.2, 0) is 43.9 Å². The van der Waals surface area contributed by atoms with E-state index < -0.39 is 75.9 Å². The predicted octanol–water partition coefficient (Wildman–Crippen LogP) is 0.396. The van der Waals surface area contributed by atoms with Crippen molar-refractivity contribution in [2.75, 3.05) is 24.7 Å². The lowest BCUT2D eigenvalue weighted by Crippen LogP contribution is -2.35. The van der Waals surface area contributed by atoms with Gasteiger partial charge in [-0.1, -0.05) is 12.2 Å². The number of aromatic nitrogens is 8. The predicted molar refractivity (Wildman–Crippen MR) is 153 cm³/mol. The molecule has 0 amide bonds. The number of aliphatic hydroxyl groups is 1. The Hall–Kier alpha value is -2.46. The Morgan fingerprint density at radius 1 is 0.886 bits per heavy atom. The quantitative estimate of drug-likeness (QED) is 0.141. The lowest BCUT2D eigenvalue weighted by Gasteiger charge is -2.27. The summed E-state index contributed by atoms with van der Waals surface area (Å²) in [6, 6.07) is 0. The number of fused-ring (bicyclic) bond motifs is 5. The zero-order chi connectivity index (χ0) is 31.0. The number of anilines is 2. The van der Waals surface area contributed by atoms with Crippen LogP contribution < -0.4 is 11.5 Å². The highest BCUT2D eigenvalue weighted by Crippen LogP contribution is 2.58. The molecular weight excluding hydrogens is 669 g/mol. The highest BCUT2D eigenvalue weighted by molar-refractivity contribution is 8.44. The van der Waals surface area contributed by atoms with Crippen molar-refractivity contribution < 1.29 is 46.5 Å². The molecule has 4 unspecified atom stereocenters. The van der Waals surface area contributed by atoms with Crippen molar-refractivity contribution in [1.82, 2.24) is 39.0 Å². The van der Waals surface area contributed by atoms with Crippen molar-refractivity contribution in [3.8, 4) is 0 Å². The molecule has 4 aromatic heterocycles. The summed E-state index contributed by atoms with van der Waals surface area (Å²) >= 11 is 9.26. The van der Waals surface area contributed by atoms with E-state index in [1.54, 1.807) is 0 Å². The smallest absolute Gasteiger partial charge is 0.386 e. The van der Waals surface area contributed by atoms with Crippen molar-refractivity contribution >= 4 is 71.5 Å². The number of halogens is 1. The summed E-state index contributed by atoms with van der Waals surface area (Å²) in [7, 11) is 0. The average Bonchev–Trinajstić information content (AvgIpc) is 3.73. The van der Waals surface area contributed by atoms with Gasteiger partial charge in [-0.25, -0.2) is 38.9 Å². The van der Waals surface area contributed by atoms with Gasteiger partial charge in [-0.05, 0) is 11.8 Å². The normalized spacial score (nSPS) is 38.3. The molecule has 24 heteroatoms.